The highest BCUT2D eigenvalue weighted by Gasteiger charge is 2.20. The first kappa shape index (κ1) is 21.1. The lowest BCUT2D eigenvalue weighted by molar-refractivity contribution is -0.317. The summed E-state index contributed by atoms with van der Waals surface area (Å²) in [5, 5.41) is 0. The summed E-state index contributed by atoms with van der Waals surface area (Å²) in [7, 11) is -4.45. The molecule has 128 valence electrons. The van der Waals surface area contributed by atoms with Crippen molar-refractivity contribution in [2.24, 2.45) is 5.41 Å². The van der Waals surface area contributed by atoms with Crippen LogP contribution in [0.4, 0.5) is 0 Å². The van der Waals surface area contributed by atoms with E-state index in [1.54, 1.807) is 0 Å². The molecule has 0 aromatic carbocycles. The SMILES string of the molecule is CCCCCCCCCCCC(CC(C)(C)C)P(=O)([O-])[O-]. The Morgan fingerprint density at radius 3 is 1.67 bits per heavy atom. The Morgan fingerprint density at radius 2 is 1.29 bits per heavy atom. The predicted octanol–water partition coefficient (Wildman–Crippen LogP) is 4.63. The Morgan fingerprint density at radius 1 is 0.857 bits per heavy atom. The third kappa shape index (κ3) is 13.5. The van der Waals surface area contributed by atoms with Gasteiger partial charge in [-0.05, 0) is 23.9 Å². The Kier molecular flexibility index (Phi) is 10.9. The lowest BCUT2D eigenvalue weighted by atomic mass is 9.89. The van der Waals surface area contributed by atoms with Gasteiger partial charge < -0.3 is 14.4 Å². The minimum absolute atomic E-state index is 0.103. The minimum Gasteiger partial charge on any atom is -0.811 e. The number of unbranched alkanes of at least 4 members (excludes halogenated alkanes) is 8. The average Bonchev–Trinajstić information content (AvgIpc) is 2.32. The molecular weight excluding hydrogens is 283 g/mol. The molecule has 0 saturated carbocycles. The topological polar surface area (TPSA) is 63.2 Å². The fraction of sp³-hybridized carbons (Fsp3) is 1.00. The summed E-state index contributed by atoms with van der Waals surface area (Å²) in [6.45, 7) is 8.20. The highest BCUT2D eigenvalue weighted by molar-refractivity contribution is 7.49. The molecule has 0 N–H and O–H groups in total. The van der Waals surface area contributed by atoms with Gasteiger partial charge in [-0.15, -0.1) is 0 Å². The standard InChI is InChI=1S/C17H37O3P/c1-5-6-7-8-9-10-11-12-13-14-16(21(18,19)20)15-17(2,3)4/h16H,5-15H2,1-4H3,(H2,18,19,20)/p-2. The molecule has 0 fully saturated rings. The molecule has 0 bridgehead atoms. The highest BCUT2D eigenvalue weighted by atomic mass is 31.2. The Balaban J connectivity index is 3.77. The largest absolute Gasteiger partial charge is 0.811 e. The van der Waals surface area contributed by atoms with Crippen molar-refractivity contribution in [3.05, 3.63) is 0 Å². The average molecular weight is 318 g/mol. The molecular formula is C17H35O3P-2. The molecule has 0 rings (SSSR count). The van der Waals surface area contributed by atoms with E-state index in [1.807, 2.05) is 20.8 Å². The first-order valence-corrected chi connectivity index (χ1v) is 10.3. The van der Waals surface area contributed by atoms with E-state index in [1.165, 1.54) is 38.5 Å². The van der Waals surface area contributed by atoms with Gasteiger partial charge in [0.05, 0.1) is 0 Å². The Bertz CT molecular complexity index is 291. The van der Waals surface area contributed by atoms with Crippen molar-refractivity contribution < 1.29 is 14.4 Å². The highest BCUT2D eigenvalue weighted by Crippen LogP contribution is 2.41. The molecule has 1 atom stereocenters. The summed E-state index contributed by atoms with van der Waals surface area (Å²) < 4.78 is 11.3. The molecule has 0 aliphatic heterocycles. The smallest absolute Gasteiger partial charge is 0.0129 e. The van der Waals surface area contributed by atoms with Crippen LogP contribution in [0.5, 0.6) is 0 Å². The molecule has 0 heterocycles. The van der Waals surface area contributed by atoms with Gasteiger partial charge >= 0.3 is 0 Å². The van der Waals surface area contributed by atoms with Gasteiger partial charge in [0, 0.05) is 0 Å². The van der Waals surface area contributed by atoms with Crippen molar-refractivity contribution >= 4 is 7.60 Å². The van der Waals surface area contributed by atoms with Gasteiger partial charge in [0.15, 0.2) is 0 Å². The number of hydrogen-bond donors (Lipinski definition) is 0. The van der Waals surface area contributed by atoms with Crippen LogP contribution < -0.4 is 9.79 Å². The van der Waals surface area contributed by atoms with Crippen LogP contribution in [0, 0.1) is 5.41 Å². The maximum Gasteiger partial charge on any atom is -0.0129 e. The first-order chi connectivity index (χ1) is 9.67. The molecule has 4 heteroatoms. The van der Waals surface area contributed by atoms with Crippen LogP contribution in [0.2, 0.25) is 0 Å². The van der Waals surface area contributed by atoms with Crippen LogP contribution in [-0.2, 0) is 4.57 Å². The fourth-order valence-corrected chi connectivity index (χ4v) is 4.04. The van der Waals surface area contributed by atoms with Crippen LogP contribution in [0.15, 0.2) is 0 Å². The molecule has 0 aliphatic carbocycles. The number of rotatable bonds is 12. The summed E-state index contributed by atoms with van der Waals surface area (Å²) in [4.78, 5) is 22.7. The van der Waals surface area contributed by atoms with Crippen molar-refractivity contribution in [3.8, 4) is 0 Å². The quantitative estimate of drug-likeness (QED) is 0.389. The van der Waals surface area contributed by atoms with E-state index in [0.29, 0.717) is 12.8 Å². The number of hydrogen-bond acceptors (Lipinski definition) is 3. The van der Waals surface area contributed by atoms with E-state index < -0.39 is 13.3 Å². The summed E-state index contributed by atoms with van der Waals surface area (Å²) >= 11 is 0. The molecule has 3 nitrogen and oxygen atoms in total. The lowest BCUT2D eigenvalue weighted by Crippen LogP contribution is -2.29. The van der Waals surface area contributed by atoms with Gasteiger partial charge in [-0.1, -0.05) is 93.1 Å². The third-order valence-electron chi connectivity index (χ3n) is 3.94. The van der Waals surface area contributed by atoms with Crippen LogP contribution in [-0.4, -0.2) is 5.66 Å². The van der Waals surface area contributed by atoms with E-state index in [2.05, 4.69) is 6.92 Å². The minimum atomic E-state index is -4.45. The van der Waals surface area contributed by atoms with E-state index in [9.17, 15) is 14.4 Å². The van der Waals surface area contributed by atoms with Gasteiger partial charge in [-0.2, -0.15) is 0 Å². The predicted molar refractivity (Wildman–Crippen MR) is 87.3 cm³/mol. The zero-order valence-corrected chi connectivity index (χ0v) is 15.4. The molecule has 0 aromatic rings. The van der Waals surface area contributed by atoms with Gasteiger partial charge in [-0.25, -0.2) is 0 Å². The first-order valence-electron chi connectivity index (χ1n) is 8.68. The second-order valence-electron chi connectivity index (χ2n) is 7.58. The van der Waals surface area contributed by atoms with E-state index in [4.69, 9.17) is 0 Å². The molecule has 0 aromatic heterocycles. The summed E-state index contributed by atoms with van der Waals surface area (Å²) in [5.74, 6) is 0. The molecule has 0 amide bonds. The second-order valence-corrected chi connectivity index (χ2v) is 9.39. The second kappa shape index (κ2) is 10.8. The monoisotopic (exact) mass is 318 g/mol. The van der Waals surface area contributed by atoms with Gasteiger partial charge in [0.25, 0.3) is 0 Å². The van der Waals surface area contributed by atoms with Crippen LogP contribution in [0.1, 0.15) is 98.3 Å². The summed E-state index contributed by atoms with van der Waals surface area (Å²) in [5.41, 5.74) is -0.781. The summed E-state index contributed by atoms with van der Waals surface area (Å²) in [6.07, 6.45) is 11.9. The zero-order chi connectivity index (χ0) is 16.4. The van der Waals surface area contributed by atoms with E-state index in [0.717, 1.165) is 19.3 Å². The zero-order valence-electron chi connectivity index (χ0n) is 14.5. The molecule has 0 saturated heterocycles. The normalized spacial score (nSPS) is 14.4. The molecule has 0 aliphatic rings. The van der Waals surface area contributed by atoms with Crippen LogP contribution in [0.25, 0.3) is 0 Å². The van der Waals surface area contributed by atoms with Crippen molar-refractivity contribution in [3.63, 3.8) is 0 Å². The maximum atomic E-state index is 11.3. The van der Waals surface area contributed by atoms with Crippen LogP contribution in [0.3, 0.4) is 0 Å². The van der Waals surface area contributed by atoms with Crippen molar-refractivity contribution in [1.29, 1.82) is 0 Å². The summed E-state index contributed by atoms with van der Waals surface area (Å²) in [6, 6.07) is 0. The van der Waals surface area contributed by atoms with Crippen LogP contribution >= 0.6 is 7.60 Å². The molecule has 21 heavy (non-hydrogen) atoms. The van der Waals surface area contributed by atoms with Gasteiger partial charge in [-0.3, -0.25) is 0 Å². The fourth-order valence-electron chi connectivity index (χ4n) is 2.77. The Labute approximate surface area is 132 Å². The van der Waals surface area contributed by atoms with Crippen molar-refractivity contribution in [2.45, 2.75) is 104 Å². The third-order valence-corrected chi connectivity index (χ3v) is 5.27. The van der Waals surface area contributed by atoms with Gasteiger partial charge in [0.1, 0.15) is 0 Å². The molecule has 0 radical (unpaired) electrons. The maximum absolute atomic E-state index is 11.3. The van der Waals surface area contributed by atoms with Crippen molar-refractivity contribution in [1.82, 2.24) is 0 Å². The Hall–Kier alpha value is 0.150. The van der Waals surface area contributed by atoms with Gasteiger partial charge in [0.2, 0.25) is 0 Å². The van der Waals surface area contributed by atoms with E-state index in [-0.39, 0.29) is 5.41 Å². The molecule has 1 unspecified atom stereocenters. The van der Waals surface area contributed by atoms with Crippen molar-refractivity contribution in [2.75, 3.05) is 0 Å². The van der Waals surface area contributed by atoms with E-state index >= 15 is 0 Å². The molecule has 0 spiro atoms. The lowest BCUT2D eigenvalue weighted by Gasteiger charge is -2.41.